The molecular formula is C27H32Cl2N2O4. The van der Waals surface area contributed by atoms with Crippen molar-refractivity contribution in [2.75, 3.05) is 33.8 Å². The monoisotopic (exact) mass is 518 g/mol. The Kier molecular flexibility index (Phi) is 8.86. The molecule has 0 spiro atoms. The van der Waals surface area contributed by atoms with Crippen LogP contribution in [0.3, 0.4) is 0 Å². The number of carbonyl (C=O) groups is 2. The standard InChI is InChI=1S/C27H32Cl2N2O4/c1-16(2)15-35-19-8-9-20(17(3)13-19)25(32)23-24(18-7-10-21(28)22(29)14-18)31(27(34)26(23)33)12-6-11-30(4)5/h7-10,13-14,16,24,32H,6,11-12,15H2,1-5H3/b25-23+/t24-/m1/s1. The van der Waals surface area contributed by atoms with Crippen LogP contribution in [0.4, 0.5) is 0 Å². The molecule has 0 bridgehead atoms. The van der Waals surface area contributed by atoms with E-state index in [2.05, 4.69) is 13.8 Å². The second-order valence-corrected chi connectivity index (χ2v) is 10.3. The Morgan fingerprint density at radius 2 is 1.83 bits per heavy atom. The summed E-state index contributed by atoms with van der Waals surface area (Å²) in [6.45, 7) is 7.62. The Morgan fingerprint density at radius 3 is 2.43 bits per heavy atom. The van der Waals surface area contributed by atoms with Crippen LogP contribution in [-0.4, -0.2) is 60.4 Å². The zero-order valence-corrected chi connectivity index (χ0v) is 22.3. The van der Waals surface area contributed by atoms with Gasteiger partial charge in [0.15, 0.2) is 0 Å². The largest absolute Gasteiger partial charge is 0.507 e. The number of aliphatic hydroxyl groups excluding tert-OH is 1. The molecule has 8 heteroatoms. The Morgan fingerprint density at radius 1 is 1.11 bits per heavy atom. The molecule has 35 heavy (non-hydrogen) atoms. The average Bonchev–Trinajstić information content (AvgIpc) is 3.04. The van der Waals surface area contributed by atoms with E-state index in [1.807, 2.05) is 32.0 Å². The summed E-state index contributed by atoms with van der Waals surface area (Å²) in [7, 11) is 3.89. The molecule has 1 atom stereocenters. The van der Waals surface area contributed by atoms with Crippen LogP contribution in [0.5, 0.6) is 5.75 Å². The van der Waals surface area contributed by atoms with Gasteiger partial charge in [-0.25, -0.2) is 0 Å². The molecule has 1 fully saturated rings. The highest BCUT2D eigenvalue weighted by Crippen LogP contribution is 2.41. The summed E-state index contributed by atoms with van der Waals surface area (Å²) >= 11 is 12.4. The summed E-state index contributed by atoms with van der Waals surface area (Å²) in [5.41, 5.74) is 1.85. The van der Waals surface area contributed by atoms with Crippen molar-refractivity contribution in [3.05, 3.63) is 68.7 Å². The smallest absolute Gasteiger partial charge is 0.295 e. The number of likely N-dealkylation sites (tertiary alicyclic amines) is 1. The van der Waals surface area contributed by atoms with Crippen molar-refractivity contribution in [3.8, 4) is 5.75 Å². The maximum absolute atomic E-state index is 13.2. The van der Waals surface area contributed by atoms with Crippen LogP contribution < -0.4 is 4.74 Å². The third-order valence-corrected chi connectivity index (χ3v) is 6.58. The van der Waals surface area contributed by atoms with Gasteiger partial charge in [-0.05, 0) is 81.4 Å². The van der Waals surface area contributed by atoms with E-state index in [9.17, 15) is 14.7 Å². The van der Waals surface area contributed by atoms with Crippen LogP contribution in [0.25, 0.3) is 5.76 Å². The number of hydrogen-bond acceptors (Lipinski definition) is 5. The third kappa shape index (κ3) is 6.18. The lowest BCUT2D eigenvalue weighted by Gasteiger charge is -2.26. The van der Waals surface area contributed by atoms with Gasteiger partial charge in [0.2, 0.25) is 0 Å². The number of ether oxygens (including phenoxy) is 1. The number of carbonyl (C=O) groups excluding carboxylic acids is 2. The van der Waals surface area contributed by atoms with E-state index in [1.54, 1.807) is 30.3 Å². The summed E-state index contributed by atoms with van der Waals surface area (Å²) in [5, 5.41) is 12.0. The number of nitrogens with zero attached hydrogens (tertiary/aromatic N) is 2. The number of halogens is 2. The number of benzene rings is 2. The highest BCUT2D eigenvalue weighted by atomic mass is 35.5. The van der Waals surface area contributed by atoms with Gasteiger partial charge < -0.3 is 19.6 Å². The van der Waals surface area contributed by atoms with E-state index in [0.717, 1.165) is 12.1 Å². The van der Waals surface area contributed by atoms with Gasteiger partial charge in [-0.3, -0.25) is 9.59 Å². The maximum atomic E-state index is 13.2. The highest BCUT2D eigenvalue weighted by molar-refractivity contribution is 6.47. The number of Topliss-reactive ketones (excluding diaryl/α,β-unsaturated/α-hetero) is 1. The van der Waals surface area contributed by atoms with E-state index < -0.39 is 17.7 Å². The molecule has 1 amide bonds. The molecule has 3 rings (SSSR count). The molecule has 0 saturated carbocycles. The molecule has 2 aromatic rings. The van der Waals surface area contributed by atoms with E-state index in [1.165, 1.54) is 4.90 Å². The van der Waals surface area contributed by atoms with Gasteiger partial charge in [0.05, 0.1) is 28.3 Å². The van der Waals surface area contributed by atoms with Crippen LogP contribution >= 0.6 is 23.2 Å². The molecular weight excluding hydrogens is 487 g/mol. The second kappa shape index (κ2) is 11.5. The summed E-state index contributed by atoms with van der Waals surface area (Å²) in [6.07, 6.45) is 0.665. The Balaban J connectivity index is 2.08. The number of amides is 1. The molecule has 1 N–H and O–H groups in total. The first-order chi connectivity index (χ1) is 16.5. The highest BCUT2D eigenvalue weighted by Gasteiger charge is 2.46. The van der Waals surface area contributed by atoms with Crippen molar-refractivity contribution < 1.29 is 19.4 Å². The SMILES string of the molecule is Cc1cc(OCC(C)C)ccc1/C(O)=C1\C(=O)C(=O)N(CCCN(C)C)[C@@H]1c1ccc(Cl)c(Cl)c1. The molecule has 1 aliphatic heterocycles. The van der Waals surface area contributed by atoms with Crippen LogP contribution in [0.1, 0.15) is 43.0 Å². The van der Waals surface area contributed by atoms with Gasteiger partial charge in [0.1, 0.15) is 11.5 Å². The summed E-state index contributed by atoms with van der Waals surface area (Å²) < 4.78 is 5.78. The van der Waals surface area contributed by atoms with Crippen molar-refractivity contribution in [2.24, 2.45) is 5.92 Å². The van der Waals surface area contributed by atoms with Crippen molar-refractivity contribution in [2.45, 2.75) is 33.2 Å². The minimum Gasteiger partial charge on any atom is -0.507 e. The van der Waals surface area contributed by atoms with E-state index in [0.29, 0.717) is 52.4 Å². The van der Waals surface area contributed by atoms with Crippen molar-refractivity contribution >= 4 is 40.7 Å². The van der Waals surface area contributed by atoms with E-state index >= 15 is 0 Å². The molecule has 188 valence electrons. The van der Waals surface area contributed by atoms with E-state index in [4.69, 9.17) is 27.9 Å². The van der Waals surface area contributed by atoms with Gasteiger partial charge in [-0.15, -0.1) is 0 Å². The third-order valence-electron chi connectivity index (χ3n) is 5.84. The topological polar surface area (TPSA) is 70.1 Å². The van der Waals surface area contributed by atoms with Gasteiger partial charge in [-0.1, -0.05) is 43.1 Å². The zero-order chi connectivity index (χ0) is 25.9. The molecule has 0 aliphatic carbocycles. The predicted octanol–water partition coefficient (Wildman–Crippen LogP) is 5.71. The zero-order valence-electron chi connectivity index (χ0n) is 20.8. The normalized spacial score (nSPS) is 17.6. The predicted molar refractivity (Wildman–Crippen MR) is 140 cm³/mol. The van der Waals surface area contributed by atoms with Gasteiger partial charge in [0, 0.05) is 12.1 Å². The maximum Gasteiger partial charge on any atom is 0.295 e. The summed E-state index contributed by atoms with van der Waals surface area (Å²) in [6, 6.07) is 9.51. The minimum atomic E-state index is -0.775. The van der Waals surface area contributed by atoms with Gasteiger partial charge in [0.25, 0.3) is 11.7 Å². The van der Waals surface area contributed by atoms with Crippen molar-refractivity contribution in [1.29, 1.82) is 0 Å². The Bertz CT molecular complexity index is 1140. The van der Waals surface area contributed by atoms with Gasteiger partial charge >= 0.3 is 0 Å². The van der Waals surface area contributed by atoms with Crippen LogP contribution in [0, 0.1) is 12.8 Å². The second-order valence-electron chi connectivity index (χ2n) is 9.50. The van der Waals surface area contributed by atoms with Crippen molar-refractivity contribution in [1.82, 2.24) is 9.80 Å². The summed E-state index contributed by atoms with van der Waals surface area (Å²) in [5.74, 6) is -0.530. The first-order valence-corrected chi connectivity index (χ1v) is 12.4. The fraction of sp³-hybridized carbons (Fsp3) is 0.407. The molecule has 0 aromatic heterocycles. The minimum absolute atomic E-state index is 0.0391. The quantitative estimate of drug-likeness (QED) is 0.261. The fourth-order valence-electron chi connectivity index (χ4n) is 4.10. The molecule has 1 saturated heterocycles. The lowest BCUT2D eigenvalue weighted by atomic mass is 9.94. The first kappa shape index (κ1) is 27.1. The number of ketones is 1. The van der Waals surface area contributed by atoms with E-state index in [-0.39, 0.29) is 11.3 Å². The van der Waals surface area contributed by atoms with Crippen LogP contribution in [0.15, 0.2) is 42.0 Å². The number of aliphatic hydroxyl groups is 1. The lowest BCUT2D eigenvalue weighted by molar-refractivity contribution is -0.139. The molecule has 0 unspecified atom stereocenters. The van der Waals surface area contributed by atoms with Crippen molar-refractivity contribution in [3.63, 3.8) is 0 Å². The fourth-order valence-corrected chi connectivity index (χ4v) is 4.40. The molecule has 2 aromatic carbocycles. The molecule has 0 radical (unpaired) electrons. The van der Waals surface area contributed by atoms with Crippen LogP contribution in [-0.2, 0) is 9.59 Å². The molecule has 6 nitrogen and oxygen atoms in total. The number of rotatable bonds is 9. The molecule has 1 heterocycles. The number of aryl methyl sites for hydroxylation is 1. The average molecular weight is 519 g/mol. The Labute approximate surface area is 217 Å². The first-order valence-electron chi connectivity index (χ1n) is 11.6. The Hall–Kier alpha value is -2.54. The number of hydrogen-bond donors (Lipinski definition) is 1. The lowest BCUT2D eigenvalue weighted by Crippen LogP contribution is -2.32. The summed E-state index contributed by atoms with van der Waals surface area (Å²) in [4.78, 5) is 29.8. The van der Waals surface area contributed by atoms with Crippen LogP contribution in [0.2, 0.25) is 10.0 Å². The van der Waals surface area contributed by atoms with Gasteiger partial charge in [-0.2, -0.15) is 0 Å². The molecule has 1 aliphatic rings.